The number of rotatable bonds is 5. The van der Waals surface area contributed by atoms with Crippen molar-refractivity contribution in [3.63, 3.8) is 0 Å². The Hall–Kier alpha value is 0.792. The molecule has 1 unspecified atom stereocenters. The zero-order chi connectivity index (χ0) is 14.4. The van der Waals surface area contributed by atoms with Gasteiger partial charge in [-0.15, -0.1) is 9.24 Å². The quantitative estimate of drug-likeness (QED) is 0.360. The molecule has 2 aliphatic carbocycles. The molecule has 0 aromatic heterocycles. The molecular formula is C18H34NPPd. The minimum atomic E-state index is 0. The first-order chi connectivity index (χ1) is 9.63. The van der Waals surface area contributed by atoms with Crippen LogP contribution in [0.25, 0.3) is 0 Å². The molecule has 2 aliphatic rings. The van der Waals surface area contributed by atoms with Gasteiger partial charge >= 0.3 is 0 Å². The molecule has 2 fully saturated rings. The van der Waals surface area contributed by atoms with Gasteiger partial charge in [0.15, 0.2) is 0 Å². The Balaban J connectivity index is 0.00000220. The van der Waals surface area contributed by atoms with Crippen LogP contribution in [0, 0.1) is 11.8 Å². The van der Waals surface area contributed by atoms with Gasteiger partial charge < -0.3 is 4.90 Å². The van der Waals surface area contributed by atoms with Crippen LogP contribution in [-0.2, 0) is 20.4 Å². The number of hydrogen-bond donors (Lipinski definition) is 0. The van der Waals surface area contributed by atoms with Gasteiger partial charge in [0.1, 0.15) is 0 Å². The number of hydrogen-bond acceptors (Lipinski definition) is 1. The third-order valence-corrected chi connectivity index (χ3v) is 6.64. The van der Waals surface area contributed by atoms with Crippen molar-refractivity contribution in [2.45, 2.75) is 69.4 Å². The molecule has 126 valence electrons. The van der Waals surface area contributed by atoms with Gasteiger partial charge in [0, 0.05) is 32.1 Å². The van der Waals surface area contributed by atoms with Crippen LogP contribution in [0.15, 0.2) is 12.2 Å². The summed E-state index contributed by atoms with van der Waals surface area (Å²) in [6.07, 6.45) is 19.6. The van der Waals surface area contributed by atoms with E-state index >= 15 is 0 Å². The molecule has 0 aromatic rings. The van der Waals surface area contributed by atoms with Crippen molar-refractivity contribution in [3.8, 4) is 0 Å². The number of likely N-dealkylation sites (N-methyl/N-ethyl adjacent to an activating group) is 1. The maximum Gasteiger partial charge on any atom is 0.0157 e. The summed E-state index contributed by atoms with van der Waals surface area (Å²) in [5, 5.41) is 0.386. The van der Waals surface area contributed by atoms with Crippen LogP contribution in [0.3, 0.4) is 0 Å². The number of nitrogens with zero attached hydrogens (tertiary/aromatic N) is 1. The van der Waals surface area contributed by atoms with E-state index in [2.05, 4.69) is 40.4 Å². The first kappa shape index (κ1) is 19.8. The Morgan fingerprint density at radius 2 is 1.33 bits per heavy atom. The van der Waals surface area contributed by atoms with Gasteiger partial charge in [-0.3, -0.25) is 0 Å². The molecular weight excluding hydrogens is 368 g/mol. The van der Waals surface area contributed by atoms with Gasteiger partial charge in [-0.25, -0.2) is 0 Å². The molecule has 0 saturated heterocycles. The smallest absolute Gasteiger partial charge is 0.0157 e. The minimum Gasteiger partial charge on any atom is -0.306 e. The van der Waals surface area contributed by atoms with E-state index in [-0.39, 0.29) is 20.4 Å². The fourth-order valence-electron chi connectivity index (χ4n) is 4.28. The summed E-state index contributed by atoms with van der Waals surface area (Å²) in [5.74, 6) is 1.81. The molecule has 0 heterocycles. The first-order valence-corrected chi connectivity index (χ1v) is 9.32. The average Bonchev–Trinajstić information content (AvgIpc) is 2.48. The predicted octanol–water partition coefficient (Wildman–Crippen LogP) is 4.88. The Morgan fingerprint density at radius 1 is 0.905 bits per heavy atom. The summed E-state index contributed by atoms with van der Waals surface area (Å²) in [5.41, 5.74) is 0. The van der Waals surface area contributed by atoms with Crippen LogP contribution in [-0.4, -0.2) is 30.7 Å². The van der Waals surface area contributed by atoms with Gasteiger partial charge in [-0.05, 0) is 51.6 Å². The van der Waals surface area contributed by atoms with E-state index in [0.717, 1.165) is 18.4 Å². The van der Waals surface area contributed by atoms with Gasteiger partial charge in [-0.1, -0.05) is 50.7 Å². The second-order valence-corrected chi connectivity index (χ2v) is 8.33. The largest absolute Gasteiger partial charge is 0.306 e. The monoisotopic (exact) mass is 401 g/mol. The Morgan fingerprint density at radius 3 is 1.71 bits per heavy atom. The summed E-state index contributed by atoms with van der Waals surface area (Å²) in [6.45, 7) is 1.08. The van der Waals surface area contributed by atoms with Crippen LogP contribution >= 0.6 is 9.24 Å². The van der Waals surface area contributed by atoms with Crippen molar-refractivity contribution in [1.29, 1.82) is 0 Å². The van der Waals surface area contributed by atoms with Crippen molar-refractivity contribution < 1.29 is 20.4 Å². The number of allylic oxidation sites excluding steroid dienone is 1. The maximum absolute atomic E-state index is 3.33. The van der Waals surface area contributed by atoms with E-state index in [4.69, 9.17) is 0 Å². The zero-order valence-corrected chi connectivity index (χ0v) is 16.6. The van der Waals surface area contributed by atoms with Crippen molar-refractivity contribution in [2.24, 2.45) is 11.8 Å². The van der Waals surface area contributed by atoms with Crippen molar-refractivity contribution in [1.82, 2.24) is 4.90 Å². The molecule has 0 bridgehead atoms. The van der Waals surface area contributed by atoms with Gasteiger partial charge in [0.05, 0.1) is 0 Å². The van der Waals surface area contributed by atoms with E-state index in [9.17, 15) is 0 Å². The Kier molecular flexibility index (Phi) is 9.28. The van der Waals surface area contributed by atoms with E-state index in [1.807, 2.05) is 0 Å². The maximum atomic E-state index is 3.33. The van der Waals surface area contributed by atoms with Gasteiger partial charge in [0.25, 0.3) is 0 Å². The standard InChI is InChI=1S/C18H34NP.Pd/c1-19(2)15-9-14-18(20,16-10-5-3-6-11-16)17-12-7-4-8-13-17;/h9,14,16-17H,3-8,10-13,15,20H2,1-2H3;/b14-9+;. The zero-order valence-electron chi connectivity index (χ0n) is 13.9. The molecule has 1 atom stereocenters. The summed E-state index contributed by atoms with van der Waals surface area (Å²) in [6, 6.07) is 0. The van der Waals surface area contributed by atoms with Gasteiger partial charge in [0.2, 0.25) is 0 Å². The topological polar surface area (TPSA) is 3.24 Å². The molecule has 0 aliphatic heterocycles. The minimum absolute atomic E-state index is 0. The molecule has 1 nitrogen and oxygen atoms in total. The predicted molar refractivity (Wildman–Crippen MR) is 93.3 cm³/mol. The van der Waals surface area contributed by atoms with E-state index in [0.29, 0.717) is 5.16 Å². The summed E-state index contributed by atoms with van der Waals surface area (Å²) in [4.78, 5) is 2.27. The van der Waals surface area contributed by atoms with E-state index in [1.54, 1.807) is 0 Å². The molecule has 2 saturated carbocycles. The SMILES string of the molecule is CN(C)C/C=C/C(P)(C1CCCCC1)C1CCCCC1.[Pd]. The molecule has 0 aromatic carbocycles. The summed E-state index contributed by atoms with van der Waals surface area (Å²) in [7, 11) is 7.65. The molecule has 0 radical (unpaired) electrons. The second kappa shape index (κ2) is 9.83. The molecule has 0 amide bonds. The fraction of sp³-hybridized carbons (Fsp3) is 0.889. The third-order valence-electron chi connectivity index (χ3n) is 5.50. The van der Waals surface area contributed by atoms with Crippen LogP contribution in [0.1, 0.15) is 64.2 Å². The molecule has 3 heteroatoms. The second-order valence-electron chi connectivity index (χ2n) is 7.33. The van der Waals surface area contributed by atoms with Crippen molar-refractivity contribution in [3.05, 3.63) is 12.2 Å². The van der Waals surface area contributed by atoms with Gasteiger partial charge in [-0.2, -0.15) is 0 Å². The van der Waals surface area contributed by atoms with Crippen LogP contribution < -0.4 is 0 Å². The summed E-state index contributed by atoms with van der Waals surface area (Å²) >= 11 is 0. The normalized spacial score (nSPS) is 22.7. The van der Waals surface area contributed by atoms with Crippen LogP contribution in [0.2, 0.25) is 0 Å². The average molecular weight is 402 g/mol. The Bertz CT molecular complexity index is 286. The Labute approximate surface area is 148 Å². The molecule has 0 N–H and O–H groups in total. The molecule has 21 heavy (non-hydrogen) atoms. The molecule has 0 spiro atoms. The summed E-state index contributed by atoms with van der Waals surface area (Å²) < 4.78 is 0. The van der Waals surface area contributed by atoms with E-state index in [1.165, 1.54) is 64.2 Å². The van der Waals surface area contributed by atoms with Crippen molar-refractivity contribution in [2.75, 3.05) is 20.6 Å². The van der Waals surface area contributed by atoms with Crippen molar-refractivity contribution >= 4 is 9.24 Å². The molecule has 2 rings (SSSR count). The van der Waals surface area contributed by atoms with E-state index < -0.39 is 0 Å². The fourth-order valence-corrected chi connectivity index (χ4v) is 5.08. The van der Waals surface area contributed by atoms with Crippen LogP contribution in [0.5, 0.6) is 0 Å². The first-order valence-electron chi connectivity index (χ1n) is 8.74. The third kappa shape index (κ3) is 5.73. The van der Waals surface area contributed by atoms with Crippen LogP contribution in [0.4, 0.5) is 0 Å².